The fourth-order valence-electron chi connectivity index (χ4n) is 2.67. The Labute approximate surface area is 148 Å². The molecule has 25 heavy (non-hydrogen) atoms. The van der Waals surface area contributed by atoms with Gasteiger partial charge in [0.05, 0.1) is 4.91 Å². The second-order valence-corrected chi connectivity index (χ2v) is 6.57. The van der Waals surface area contributed by atoms with E-state index in [0.717, 1.165) is 16.3 Å². The van der Waals surface area contributed by atoms with Crippen molar-refractivity contribution < 1.29 is 9.90 Å². The second kappa shape index (κ2) is 6.45. The van der Waals surface area contributed by atoms with Gasteiger partial charge in [0.25, 0.3) is 5.91 Å². The normalized spacial score (nSPS) is 17.4. The molecule has 5 heteroatoms. The van der Waals surface area contributed by atoms with E-state index in [-0.39, 0.29) is 11.7 Å². The molecule has 0 aromatic heterocycles. The molecule has 4 rings (SSSR count). The number of phenols is 1. The highest BCUT2D eigenvalue weighted by Crippen LogP contribution is 2.32. The van der Waals surface area contributed by atoms with Gasteiger partial charge in [0, 0.05) is 0 Å². The molecule has 0 saturated carbocycles. The van der Waals surface area contributed by atoms with Crippen molar-refractivity contribution in [1.29, 1.82) is 0 Å². The summed E-state index contributed by atoms with van der Waals surface area (Å²) < 4.78 is 0. The summed E-state index contributed by atoms with van der Waals surface area (Å²) in [5.41, 5.74) is 1.41. The van der Waals surface area contributed by atoms with Crippen molar-refractivity contribution in [1.82, 2.24) is 5.32 Å². The molecule has 1 aliphatic rings. The van der Waals surface area contributed by atoms with Gasteiger partial charge in [-0.15, -0.1) is 0 Å². The van der Waals surface area contributed by atoms with Crippen molar-refractivity contribution in [2.75, 3.05) is 0 Å². The third kappa shape index (κ3) is 3.14. The average Bonchev–Trinajstić information content (AvgIpc) is 2.97. The molecule has 1 aliphatic heterocycles. The predicted octanol–water partition coefficient (Wildman–Crippen LogP) is 4.44. The quantitative estimate of drug-likeness (QED) is 0.675. The number of benzene rings is 3. The molecule has 3 aromatic rings. The highest BCUT2D eigenvalue weighted by molar-refractivity contribution is 8.18. The van der Waals surface area contributed by atoms with Crippen LogP contribution < -0.4 is 5.32 Å². The van der Waals surface area contributed by atoms with Gasteiger partial charge in [-0.05, 0) is 46.3 Å². The van der Waals surface area contributed by atoms with Crippen LogP contribution in [0.5, 0.6) is 5.75 Å². The lowest BCUT2D eigenvalue weighted by Crippen LogP contribution is -2.19. The van der Waals surface area contributed by atoms with Crippen LogP contribution in [0.4, 0.5) is 5.69 Å². The van der Waals surface area contributed by atoms with E-state index in [1.807, 2.05) is 48.5 Å². The Balaban J connectivity index is 1.69. The van der Waals surface area contributed by atoms with Gasteiger partial charge in [0.1, 0.15) is 11.4 Å². The maximum Gasteiger partial charge on any atom is 0.264 e. The fraction of sp³-hybridized carbons (Fsp3) is 0. The van der Waals surface area contributed by atoms with E-state index in [4.69, 9.17) is 0 Å². The monoisotopic (exact) mass is 346 g/mol. The number of aromatic hydroxyl groups is 1. The maximum absolute atomic E-state index is 12.3. The van der Waals surface area contributed by atoms with Gasteiger partial charge in [-0.25, -0.2) is 4.99 Å². The first-order valence-corrected chi connectivity index (χ1v) is 8.58. The topological polar surface area (TPSA) is 61.7 Å². The molecular formula is C20H14N2O2S. The SMILES string of the molecule is O=C1NC(=Nc2ccccc2O)S/C1=C/c1cccc2ccccc12. The lowest BCUT2D eigenvalue weighted by molar-refractivity contribution is -0.115. The molecule has 0 radical (unpaired) electrons. The summed E-state index contributed by atoms with van der Waals surface area (Å²) in [6, 6.07) is 20.8. The van der Waals surface area contributed by atoms with Crippen LogP contribution in [0, 0.1) is 0 Å². The van der Waals surface area contributed by atoms with Crippen molar-refractivity contribution >= 4 is 45.4 Å². The lowest BCUT2D eigenvalue weighted by Gasteiger charge is -2.02. The number of para-hydroxylation sites is 2. The number of phenolic OH excluding ortho intramolecular Hbond substituents is 1. The molecule has 1 saturated heterocycles. The molecule has 1 fully saturated rings. The van der Waals surface area contributed by atoms with Crippen LogP contribution in [0.3, 0.4) is 0 Å². The Bertz CT molecular complexity index is 1040. The molecule has 1 heterocycles. The van der Waals surface area contributed by atoms with E-state index >= 15 is 0 Å². The molecule has 4 nitrogen and oxygen atoms in total. The smallest absolute Gasteiger partial charge is 0.264 e. The van der Waals surface area contributed by atoms with E-state index in [1.165, 1.54) is 11.8 Å². The highest BCUT2D eigenvalue weighted by atomic mass is 32.2. The molecule has 0 aliphatic carbocycles. The first-order valence-electron chi connectivity index (χ1n) is 7.76. The van der Waals surface area contributed by atoms with Crippen molar-refractivity contribution in [3.8, 4) is 5.75 Å². The van der Waals surface area contributed by atoms with Gasteiger partial charge in [-0.1, -0.05) is 54.6 Å². The van der Waals surface area contributed by atoms with Gasteiger partial charge < -0.3 is 10.4 Å². The summed E-state index contributed by atoms with van der Waals surface area (Å²) in [4.78, 5) is 17.2. The second-order valence-electron chi connectivity index (χ2n) is 5.54. The first-order chi connectivity index (χ1) is 12.2. The Hall–Kier alpha value is -3.05. The van der Waals surface area contributed by atoms with E-state index in [1.54, 1.807) is 24.3 Å². The average molecular weight is 346 g/mol. The van der Waals surface area contributed by atoms with Gasteiger partial charge in [0.2, 0.25) is 0 Å². The molecule has 122 valence electrons. The summed E-state index contributed by atoms with van der Waals surface area (Å²) in [6.07, 6.45) is 1.87. The van der Waals surface area contributed by atoms with Gasteiger partial charge in [0.15, 0.2) is 5.17 Å². The number of carbonyl (C=O) groups is 1. The van der Waals surface area contributed by atoms with E-state index < -0.39 is 0 Å². The maximum atomic E-state index is 12.3. The van der Waals surface area contributed by atoms with Crippen molar-refractivity contribution in [2.45, 2.75) is 0 Å². The van der Waals surface area contributed by atoms with Crippen LogP contribution in [0.15, 0.2) is 76.6 Å². The van der Waals surface area contributed by atoms with E-state index in [0.29, 0.717) is 15.8 Å². The van der Waals surface area contributed by atoms with Crippen LogP contribution in [0.25, 0.3) is 16.8 Å². The number of carbonyl (C=O) groups excluding carboxylic acids is 1. The number of rotatable bonds is 2. The van der Waals surface area contributed by atoms with Crippen molar-refractivity contribution in [2.24, 2.45) is 4.99 Å². The van der Waals surface area contributed by atoms with E-state index in [2.05, 4.69) is 10.3 Å². The first kappa shape index (κ1) is 15.5. The molecule has 2 N–H and O–H groups in total. The molecule has 1 amide bonds. The number of aliphatic imine (C=N–C) groups is 1. The minimum atomic E-state index is -0.188. The third-order valence-corrected chi connectivity index (χ3v) is 4.77. The number of nitrogens with one attached hydrogen (secondary N) is 1. The minimum Gasteiger partial charge on any atom is -0.506 e. The Kier molecular flexibility index (Phi) is 3.99. The van der Waals surface area contributed by atoms with Crippen LogP contribution in [0.1, 0.15) is 5.56 Å². The number of amidine groups is 1. The summed E-state index contributed by atoms with van der Waals surface area (Å²) in [6.45, 7) is 0. The molecule has 0 spiro atoms. The molecule has 3 aromatic carbocycles. The standard InChI is InChI=1S/C20H14N2O2S/c23-17-11-4-3-10-16(17)21-20-22-19(24)18(25-20)12-14-8-5-7-13-6-1-2-9-15(13)14/h1-12,23H,(H,21,22,24)/b18-12+. The summed E-state index contributed by atoms with van der Waals surface area (Å²) >= 11 is 1.27. The summed E-state index contributed by atoms with van der Waals surface area (Å²) in [7, 11) is 0. The zero-order valence-corrected chi connectivity index (χ0v) is 14.0. The number of thioether (sulfide) groups is 1. The Morgan fingerprint density at radius 3 is 2.60 bits per heavy atom. The Morgan fingerprint density at radius 1 is 0.960 bits per heavy atom. The van der Waals surface area contributed by atoms with Crippen LogP contribution >= 0.6 is 11.8 Å². The molecular weight excluding hydrogens is 332 g/mol. The Morgan fingerprint density at radius 2 is 1.72 bits per heavy atom. The van der Waals surface area contributed by atoms with E-state index in [9.17, 15) is 9.90 Å². The van der Waals surface area contributed by atoms with Gasteiger partial charge >= 0.3 is 0 Å². The van der Waals surface area contributed by atoms with Crippen molar-refractivity contribution in [3.63, 3.8) is 0 Å². The lowest BCUT2D eigenvalue weighted by atomic mass is 10.0. The predicted molar refractivity (Wildman–Crippen MR) is 103 cm³/mol. The molecule has 0 atom stereocenters. The minimum absolute atomic E-state index is 0.0799. The third-order valence-electron chi connectivity index (χ3n) is 3.86. The van der Waals surface area contributed by atoms with Crippen LogP contribution in [-0.4, -0.2) is 16.2 Å². The number of hydrogen-bond acceptors (Lipinski definition) is 4. The zero-order chi connectivity index (χ0) is 17.2. The largest absolute Gasteiger partial charge is 0.506 e. The van der Waals surface area contributed by atoms with Crippen molar-refractivity contribution in [3.05, 3.63) is 77.2 Å². The number of nitrogens with zero attached hydrogens (tertiary/aromatic N) is 1. The number of fused-ring (bicyclic) bond motifs is 1. The molecule has 0 unspecified atom stereocenters. The van der Waals surface area contributed by atoms with Crippen LogP contribution in [-0.2, 0) is 4.79 Å². The highest BCUT2D eigenvalue weighted by Gasteiger charge is 2.24. The number of hydrogen-bond donors (Lipinski definition) is 2. The number of amides is 1. The molecule has 0 bridgehead atoms. The van der Waals surface area contributed by atoms with Crippen LogP contribution in [0.2, 0.25) is 0 Å². The van der Waals surface area contributed by atoms with Gasteiger partial charge in [-0.3, -0.25) is 4.79 Å². The fourth-order valence-corrected chi connectivity index (χ4v) is 3.49. The summed E-state index contributed by atoms with van der Waals surface area (Å²) in [5.74, 6) is -0.108. The summed E-state index contributed by atoms with van der Waals surface area (Å²) in [5, 5.41) is 15.2. The zero-order valence-electron chi connectivity index (χ0n) is 13.1. The van der Waals surface area contributed by atoms with Gasteiger partial charge in [-0.2, -0.15) is 0 Å².